The number of rotatable bonds is 8. The van der Waals surface area contributed by atoms with Gasteiger partial charge in [0.15, 0.2) is 0 Å². The Morgan fingerprint density at radius 1 is 1.17 bits per heavy atom. The molecule has 36 heavy (non-hydrogen) atoms. The van der Waals surface area contributed by atoms with Gasteiger partial charge in [-0.3, -0.25) is 4.79 Å². The number of carboxylic acids is 1. The van der Waals surface area contributed by atoms with Gasteiger partial charge in [0.25, 0.3) is 5.01 Å². The maximum atomic E-state index is 11.1. The van der Waals surface area contributed by atoms with Crippen LogP contribution >= 0.6 is 23.1 Å². The fourth-order valence-electron chi connectivity index (χ4n) is 4.58. The van der Waals surface area contributed by atoms with Gasteiger partial charge in [-0.1, -0.05) is 54.3 Å². The third-order valence-electron chi connectivity index (χ3n) is 6.48. The average Bonchev–Trinajstić information content (AvgIpc) is 3.39. The lowest BCUT2D eigenvalue weighted by Crippen LogP contribution is -2.29. The molecule has 0 bridgehead atoms. The molecule has 0 spiro atoms. The summed E-state index contributed by atoms with van der Waals surface area (Å²) in [6.07, 6.45) is 6.15. The van der Waals surface area contributed by atoms with Gasteiger partial charge in [0.05, 0.1) is 23.2 Å². The number of ether oxygens (including phenoxy) is 1. The Bertz CT molecular complexity index is 1520. The summed E-state index contributed by atoms with van der Waals surface area (Å²) in [6.45, 7) is 2.82. The van der Waals surface area contributed by atoms with Crippen molar-refractivity contribution in [1.82, 2.24) is 0 Å². The van der Waals surface area contributed by atoms with Crippen molar-refractivity contribution in [1.29, 1.82) is 0 Å². The Morgan fingerprint density at radius 3 is 2.78 bits per heavy atom. The maximum Gasteiger partial charge on any atom is 0.303 e. The van der Waals surface area contributed by atoms with Gasteiger partial charge in [0, 0.05) is 30.0 Å². The van der Waals surface area contributed by atoms with Crippen LogP contribution in [-0.4, -0.2) is 24.7 Å². The molecule has 0 radical (unpaired) electrons. The molecule has 2 heterocycles. The molecule has 5 nitrogen and oxygen atoms in total. The first-order valence-electron chi connectivity index (χ1n) is 12.1. The van der Waals surface area contributed by atoms with Crippen LogP contribution in [0.4, 0.5) is 5.69 Å². The highest BCUT2D eigenvalue weighted by atomic mass is 32.2. The first kappa shape index (κ1) is 24.4. The Balaban J connectivity index is 1.53. The van der Waals surface area contributed by atoms with Crippen molar-refractivity contribution in [2.75, 3.05) is 18.6 Å². The molecule has 0 saturated carbocycles. The zero-order chi connectivity index (χ0) is 25.2. The van der Waals surface area contributed by atoms with E-state index in [-0.39, 0.29) is 6.42 Å². The fourth-order valence-corrected chi connectivity index (χ4v) is 6.87. The number of anilines is 1. The SMILES string of the molecule is CCC(=Cc1sc2ccc3ccccc3c2[n+]1C)C=C1Sc2ccc(OC)cc2N1CCCC(=O)O. The van der Waals surface area contributed by atoms with Gasteiger partial charge in [-0.2, -0.15) is 4.57 Å². The Morgan fingerprint density at radius 2 is 2.00 bits per heavy atom. The van der Waals surface area contributed by atoms with E-state index in [1.165, 1.54) is 31.6 Å². The predicted molar refractivity (Wildman–Crippen MR) is 150 cm³/mol. The number of nitrogens with zero attached hydrogens (tertiary/aromatic N) is 2. The van der Waals surface area contributed by atoms with Gasteiger partial charge >= 0.3 is 5.97 Å². The molecule has 0 fully saturated rings. The van der Waals surface area contributed by atoms with E-state index in [1.807, 2.05) is 12.1 Å². The van der Waals surface area contributed by atoms with E-state index in [1.54, 1.807) is 30.2 Å². The lowest BCUT2D eigenvalue weighted by Gasteiger charge is -2.21. The zero-order valence-corrected chi connectivity index (χ0v) is 22.3. The molecule has 0 atom stereocenters. The summed E-state index contributed by atoms with van der Waals surface area (Å²) in [5, 5.41) is 14.0. The summed E-state index contributed by atoms with van der Waals surface area (Å²) >= 11 is 3.53. The van der Waals surface area contributed by atoms with E-state index in [4.69, 9.17) is 9.84 Å². The highest BCUT2D eigenvalue weighted by Gasteiger charge is 2.26. The maximum absolute atomic E-state index is 11.1. The summed E-state index contributed by atoms with van der Waals surface area (Å²) in [6, 6.07) is 19.0. The molecule has 0 amide bonds. The van der Waals surface area contributed by atoms with Gasteiger partial charge in [-0.05, 0) is 54.1 Å². The van der Waals surface area contributed by atoms with Crippen LogP contribution in [0.25, 0.3) is 27.1 Å². The van der Waals surface area contributed by atoms with Crippen LogP contribution in [0.5, 0.6) is 5.75 Å². The number of hydrogen-bond acceptors (Lipinski definition) is 5. The zero-order valence-electron chi connectivity index (χ0n) is 20.7. The number of methoxy groups -OCH3 is 1. The molecular weight excluding hydrogens is 488 g/mol. The predicted octanol–water partition coefficient (Wildman–Crippen LogP) is 7.00. The average molecular weight is 518 g/mol. The summed E-state index contributed by atoms with van der Waals surface area (Å²) in [7, 11) is 3.81. The van der Waals surface area contributed by atoms with Crippen molar-refractivity contribution in [2.45, 2.75) is 31.1 Å². The molecule has 4 aromatic rings. The molecular formula is C29H29N2O3S2+. The van der Waals surface area contributed by atoms with Crippen LogP contribution in [0.15, 0.2) is 76.2 Å². The van der Waals surface area contributed by atoms with Crippen LogP contribution in [0.3, 0.4) is 0 Å². The quantitative estimate of drug-likeness (QED) is 0.255. The molecule has 1 aliphatic heterocycles. The molecule has 0 aliphatic carbocycles. The van der Waals surface area contributed by atoms with E-state index < -0.39 is 5.97 Å². The summed E-state index contributed by atoms with van der Waals surface area (Å²) in [4.78, 5) is 14.5. The van der Waals surface area contributed by atoms with Crippen LogP contribution in [-0.2, 0) is 11.8 Å². The lowest BCUT2D eigenvalue weighted by atomic mass is 10.1. The van der Waals surface area contributed by atoms with E-state index in [0.717, 1.165) is 27.8 Å². The van der Waals surface area contributed by atoms with Crippen LogP contribution in [0.2, 0.25) is 0 Å². The number of fused-ring (bicyclic) bond motifs is 4. The highest BCUT2D eigenvalue weighted by Crippen LogP contribution is 2.48. The van der Waals surface area contributed by atoms with Crippen molar-refractivity contribution in [2.24, 2.45) is 7.05 Å². The standard InChI is InChI=1S/C29H28N2O3S2/c1-4-19(16-26-30(2)29-22-9-6-5-8-20(22)11-13-25(29)36-26)17-27-31(15-7-10-28(32)33)23-18-21(34-3)12-14-24(23)35-27/h5-6,8-9,11-14,16-18H,4,7,10,15H2,1-3H3/p+1. The molecule has 184 valence electrons. The van der Waals surface area contributed by atoms with E-state index >= 15 is 0 Å². The second kappa shape index (κ2) is 10.4. The van der Waals surface area contributed by atoms with Gasteiger partial charge < -0.3 is 14.7 Å². The smallest absolute Gasteiger partial charge is 0.303 e. The molecule has 1 N–H and O–H groups in total. The molecule has 1 aliphatic rings. The third kappa shape index (κ3) is 4.73. The van der Waals surface area contributed by atoms with Crippen molar-refractivity contribution in [3.63, 3.8) is 0 Å². The Labute approximate surface area is 219 Å². The van der Waals surface area contributed by atoms with Crippen molar-refractivity contribution in [3.8, 4) is 5.75 Å². The molecule has 5 rings (SSSR count). The van der Waals surface area contributed by atoms with Crippen molar-refractivity contribution in [3.05, 3.63) is 76.3 Å². The number of aliphatic carboxylic acids is 1. The second-order valence-corrected chi connectivity index (χ2v) is 10.9. The van der Waals surface area contributed by atoms with Gasteiger partial charge in [-0.15, -0.1) is 0 Å². The lowest BCUT2D eigenvalue weighted by molar-refractivity contribution is -0.641. The molecule has 0 saturated heterocycles. The van der Waals surface area contributed by atoms with Crippen LogP contribution < -0.4 is 14.2 Å². The summed E-state index contributed by atoms with van der Waals surface area (Å²) in [5.74, 6) is 0.0341. The Hall–Kier alpha value is -3.29. The minimum absolute atomic E-state index is 0.149. The van der Waals surface area contributed by atoms with Gasteiger partial charge in [-0.25, -0.2) is 0 Å². The number of hydrogen-bond donors (Lipinski definition) is 1. The highest BCUT2D eigenvalue weighted by molar-refractivity contribution is 8.03. The van der Waals surface area contributed by atoms with Crippen molar-refractivity contribution >= 4 is 61.8 Å². The largest absolute Gasteiger partial charge is 0.497 e. The minimum Gasteiger partial charge on any atom is -0.497 e. The molecule has 1 aromatic heterocycles. The van der Waals surface area contributed by atoms with Gasteiger partial charge in [0.1, 0.15) is 17.5 Å². The number of thiazole rings is 1. The summed E-state index contributed by atoms with van der Waals surface area (Å²) in [5.41, 5.74) is 3.56. The molecule has 7 heteroatoms. The fraction of sp³-hybridized carbons (Fsp3) is 0.241. The van der Waals surface area contributed by atoms with Crippen LogP contribution in [0, 0.1) is 0 Å². The van der Waals surface area contributed by atoms with Crippen molar-refractivity contribution < 1.29 is 19.2 Å². The Kier molecular flexibility index (Phi) is 7.03. The summed E-state index contributed by atoms with van der Waals surface area (Å²) < 4.78 is 9.03. The third-order valence-corrected chi connectivity index (χ3v) is 8.74. The number of carboxylic acid groups (broad SMARTS) is 1. The number of allylic oxidation sites excluding steroid dienone is 2. The van der Waals surface area contributed by atoms with E-state index in [2.05, 4.69) is 78.1 Å². The topological polar surface area (TPSA) is 53.7 Å². The number of benzene rings is 3. The number of carbonyl (C=O) groups is 1. The monoisotopic (exact) mass is 517 g/mol. The minimum atomic E-state index is -0.767. The first-order valence-corrected chi connectivity index (χ1v) is 13.7. The normalized spacial score (nSPS) is 14.7. The number of aromatic nitrogens is 1. The molecule has 0 unspecified atom stereocenters. The van der Waals surface area contributed by atoms with Crippen LogP contribution in [0.1, 0.15) is 31.2 Å². The van der Waals surface area contributed by atoms with Gasteiger partial charge in [0.2, 0.25) is 5.52 Å². The number of thioether (sulfide) groups is 1. The van der Waals surface area contributed by atoms with E-state index in [0.29, 0.717) is 13.0 Å². The first-order chi connectivity index (χ1) is 17.5. The second-order valence-electron chi connectivity index (χ2n) is 8.77. The molecule has 3 aromatic carbocycles. The van der Waals surface area contributed by atoms with E-state index in [9.17, 15) is 4.79 Å². The number of aryl methyl sites for hydroxylation is 1.